The highest BCUT2D eigenvalue weighted by Crippen LogP contribution is 2.18. The fraction of sp³-hybridized carbons (Fsp3) is 0.222. The lowest BCUT2D eigenvalue weighted by Crippen LogP contribution is -2.20. The standard InChI is InChI=1S/C18H20N2O4/c1-2-10-23-15-6-8-16(9-7-15)24-12-17(21)20-14-5-3-4-13(11-14)18(19)22/h3-9,11H,2,10,12H2,1H3,(H2,19,22)(H,20,21). The van der Waals surface area contributed by atoms with E-state index in [0.29, 0.717) is 23.6 Å². The van der Waals surface area contributed by atoms with Gasteiger partial charge >= 0.3 is 0 Å². The van der Waals surface area contributed by atoms with Crippen molar-refractivity contribution in [3.05, 3.63) is 54.1 Å². The van der Waals surface area contributed by atoms with Crippen LogP contribution in [0.1, 0.15) is 23.7 Å². The zero-order valence-corrected chi connectivity index (χ0v) is 13.5. The van der Waals surface area contributed by atoms with Gasteiger partial charge in [0.05, 0.1) is 6.61 Å². The van der Waals surface area contributed by atoms with E-state index in [9.17, 15) is 9.59 Å². The molecule has 0 aromatic heterocycles. The van der Waals surface area contributed by atoms with Gasteiger partial charge in [-0.15, -0.1) is 0 Å². The Hall–Kier alpha value is -3.02. The summed E-state index contributed by atoms with van der Waals surface area (Å²) in [4.78, 5) is 23.0. The molecule has 0 atom stereocenters. The Morgan fingerprint density at radius 1 is 1.04 bits per heavy atom. The molecule has 0 radical (unpaired) electrons. The van der Waals surface area contributed by atoms with Crippen LogP contribution in [0.4, 0.5) is 5.69 Å². The summed E-state index contributed by atoms with van der Waals surface area (Å²) < 4.78 is 10.9. The first-order chi connectivity index (χ1) is 11.6. The Morgan fingerprint density at radius 3 is 2.33 bits per heavy atom. The number of hydrogen-bond donors (Lipinski definition) is 2. The van der Waals surface area contributed by atoms with Gasteiger partial charge in [0.1, 0.15) is 11.5 Å². The van der Waals surface area contributed by atoms with Gasteiger partial charge in [-0.05, 0) is 48.9 Å². The number of rotatable bonds is 8. The van der Waals surface area contributed by atoms with Gasteiger partial charge in [0.2, 0.25) is 5.91 Å². The summed E-state index contributed by atoms with van der Waals surface area (Å²) in [6.45, 7) is 2.55. The lowest BCUT2D eigenvalue weighted by atomic mass is 10.2. The van der Waals surface area contributed by atoms with Crippen molar-refractivity contribution in [2.45, 2.75) is 13.3 Å². The summed E-state index contributed by atoms with van der Waals surface area (Å²) in [7, 11) is 0. The van der Waals surface area contributed by atoms with Crippen LogP contribution in [0.2, 0.25) is 0 Å². The topological polar surface area (TPSA) is 90.7 Å². The molecule has 3 N–H and O–H groups in total. The first-order valence-corrected chi connectivity index (χ1v) is 7.64. The smallest absolute Gasteiger partial charge is 0.262 e. The highest BCUT2D eigenvalue weighted by Gasteiger charge is 2.06. The maximum Gasteiger partial charge on any atom is 0.262 e. The molecule has 6 heteroatoms. The number of carbonyl (C=O) groups excluding carboxylic acids is 2. The molecule has 0 aliphatic heterocycles. The third kappa shape index (κ3) is 5.31. The summed E-state index contributed by atoms with van der Waals surface area (Å²) in [5.41, 5.74) is 6.02. The second-order valence-electron chi connectivity index (χ2n) is 5.10. The van der Waals surface area contributed by atoms with E-state index in [4.69, 9.17) is 15.2 Å². The largest absolute Gasteiger partial charge is 0.494 e. The van der Waals surface area contributed by atoms with Gasteiger partial charge < -0.3 is 20.5 Å². The maximum absolute atomic E-state index is 11.9. The molecule has 0 bridgehead atoms. The maximum atomic E-state index is 11.9. The molecule has 0 aliphatic carbocycles. The number of amides is 2. The SMILES string of the molecule is CCCOc1ccc(OCC(=O)Nc2cccc(C(N)=O)c2)cc1. The molecule has 2 aromatic rings. The predicted molar refractivity (Wildman–Crippen MR) is 91.3 cm³/mol. The quantitative estimate of drug-likeness (QED) is 0.779. The average molecular weight is 328 g/mol. The van der Waals surface area contributed by atoms with Crippen molar-refractivity contribution in [2.24, 2.45) is 5.73 Å². The molecule has 2 amide bonds. The molecule has 126 valence electrons. The monoisotopic (exact) mass is 328 g/mol. The average Bonchev–Trinajstić information content (AvgIpc) is 2.59. The number of benzene rings is 2. The van der Waals surface area contributed by atoms with Crippen LogP contribution in [0.25, 0.3) is 0 Å². The molecular formula is C18H20N2O4. The lowest BCUT2D eigenvalue weighted by Gasteiger charge is -2.09. The van der Waals surface area contributed by atoms with Gasteiger partial charge in [-0.1, -0.05) is 13.0 Å². The van der Waals surface area contributed by atoms with Gasteiger partial charge in [-0.25, -0.2) is 0 Å². The lowest BCUT2D eigenvalue weighted by molar-refractivity contribution is -0.118. The summed E-state index contributed by atoms with van der Waals surface area (Å²) in [5, 5.41) is 2.65. The van der Waals surface area contributed by atoms with E-state index in [1.807, 2.05) is 6.92 Å². The van der Waals surface area contributed by atoms with Crippen LogP contribution in [0, 0.1) is 0 Å². The Morgan fingerprint density at radius 2 is 1.71 bits per heavy atom. The van der Waals surface area contributed by atoms with E-state index in [1.54, 1.807) is 42.5 Å². The molecule has 6 nitrogen and oxygen atoms in total. The molecule has 0 fully saturated rings. The molecule has 2 aromatic carbocycles. The second-order valence-corrected chi connectivity index (χ2v) is 5.10. The predicted octanol–water partition coefficient (Wildman–Crippen LogP) is 2.59. The minimum absolute atomic E-state index is 0.143. The van der Waals surface area contributed by atoms with E-state index in [-0.39, 0.29) is 12.5 Å². The summed E-state index contributed by atoms with van der Waals surface area (Å²) in [5.74, 6) is 0.451. The van der Waals surface area contributed by atoms with Crippen molar-refractivity contribution in [3.8, 4) is 11.5 Å². The number of anilines is 1. The van der Waals surface area contributed by atoms with Crippen molar-refractivity contribution in [1.29, 1.82) is 0 Å². The van der Waals surface area contributed by atoms with Crippen LogP contribution in [-0.2, 0) is 4.79 Å². The third-order valence-electron chi connectivity index (χ3n) is 3.10. The molecular weight excluding hydrogens is 308 g/mol. The van der Waals surface area contributed by atoms with Gasteiger partial charge in [-0.3, -0.25) is 9.59 Å². The first kappa shape index (κ1) is 17.3. The van der Waals surface area contributed by atoms with Crippen molar-refractivity contribution >= 4 is 17.5 Å². The minimum Gasteiger partial charge on any atom is -0.494 e. The second kappa shape index (κ2) is 8.57. The highest BCUT2D eigenvalue weighted by molar-refractivity contribution is 5.96. The molecule has 0 aliphatic rings. The van der Waals surface area contributed by atoms with E-state index in [1.165, 1.54) is 6.07 Å². The Balaban J connectivity index is 1.84. The Kier molecular flexibility index (Phi) is 6.19. The van der Waals surface area contributed by atoms with Gasteiger partial charge in [0.25, 0.3) is 5.91 Å². The molecule has 0 heterocycles. The molecule has 0 saturated carbocycles. The highest BCUT2D eigenvalue weighted by atomic mass is 16.5. The molecule has 0 unspecified atom stereocenters. The van der Waals surface area contributed by atoms with Crippen molar-refractivity contribution in [2.75, 3.05) is 18.5 Å². The molecule has 2 rings (SSSR count). The number of nitrogens with two attached hydrogens (primary N) is 1. The summed E-state index contributed by atoms with van der Waals surface area (Å²) >= 11 is 0. The van der Waals surface area contributed by atoms with Crippen LogP contribution in [-0.4, -0.2) is 25.0 Å². The number of carbonyl (C=O) groups is 2. The van der Waals surface area contributed by atoms with Crippen LogP contribution in [0.5, 0.6) is 11.5 Å². The van der Waals surface area contributed by atoms with E-state index in [0.717, 1.165) is 12.2 Å². The van der Waals surface area contributed by atoms with Crippen LogP contribution < -0.4 is 20.5 Å². The van der Waals surface area contributed by atoms with Gasteiger partial charge in [-0.2, -0.15) is 0 Å². The Labute approximate surface area is 140 Å². The molecule has 0 spiro atoms. The molecule has 24 heavy (non-hydrogen) atoms. The van der Waals surface area contributed by atoms with Crippen molar-refractivity contribution in [3.63, 3.8) is 0 Å². The van der Waals surface area contributed by atoms with Crippen molar-refractivity contribution < 1.29 is 19.1 Å². The minimum atomic E-state index is -0.548. The van der Waals surface area contributed by atoms with Gasteiger partial charge in [0.15, 0.2) is 6.61 Å². The normalized spacial score (nSPS) is 10.0. The van der Waals surface area contributed by atoms with Crippen molar-refractivity contribution in [1.82, 2.24) is 0 Å². The van der Waals surface area contributed by atoms with E-state index in [2.05, 4.69) is 5.32 Å². The third-order valence-corrected chi connectivity index (χ3v) is 3.10. The zero-order valence-electron chi connectivity index (χ0n) is 13.5. The summed E-state index contributed by atoms with van der Waals surface area (Å²) in [6, 6.07) is 13.5. The van der Waals surface area contributed by atoms with E-state index < -0.39 is 5.91 Å². The number of nitrogens with one attached hydrogen (secondary N) is 1. The summed E-state index contributed by atoms with van der Waals surface area (Å²) in [6.07, 6.45) is 0.940. The fourth-order valence-electron chi connectivity index (χ4n) is 1.95. The van der Waals surface area contributed by atoms with Crippen LogP contribution in [0.15, 0.2) is 48.5 Å². The number of hydrogen-bond acceptors (Lipinski definition) is 4. The number of ether oxygens (including phenoxy) is 2. The van der Waals surface area contributed by atoms with Crippen LogP contribution >= 0.6 is 0 Å². The van der Waals surface area contributed by atoms with E-state index >= 15 is 0 Å². The first-order valence-electron chi connectivity index (χ1n) is 7.64. The zero-order chi connectivity index (χ0) is 17.4. The molecule has 0 saturated heterocycles. The van der Waals surface area contributed by atoms with Gasteiger partial charge in [0, 0.05) is 11.3 Å². The Bertz CT molecular complexity index is 698. The fourth-order valence-corrected chi connectivity index (χ4v) is 1.95. The van der Waals surface area contributed by atoms with Crippen LogP contribution in [0.3, 0.4) is 0 Å². The number of primary amides is 1.